The highest BCUT2D eigenvalue weighted by Crippen LogP contribution is 2.10. The molecule has 0 N–H and O–H groups in total. The van der Waals surface area contributed by atoms with E-state index in [2.05, 4.69) is 29.0 Å². The van der Waals surface area contributed by atoms with Crippen LogP contribution in [0.15, 0.2) is 12.4 Å². The first-order valence-electron chi connectivity index (χ1n) is 4.70. The molecule has 13 heavy (non-hydrogen) atoms. The largest absolute Gasteiger partial charge is 0.241 e. The van der Waals surface area contributed by atoms with E-state index in [1.807, 2.05) is 13.8 Å². The highest BCUT2D eigenvalue weighted by molar-refractivity contribution is 5.53. The maximum atomic E-state index is 4.16. The predicted octanol–water partition coefficient (Wildman–Crippen LogP) is 2.91. The van der Waals surface area contributed by atoms with Crippen LogP contribution in [0.4, 0.5) is 0 Å². The minimum Gasteiger partial charge on any atom is -0.241 e. The van der Waals surface area contributed by atoms with Gasteiger partial charge in [0, 0.05) is 17.0 Å². The fourth-order valence-corrected chi connectivity index (χ4v) is 1.21. The van der Waals surface area contributed by atoms with Gasteiger partial charge in [-0.3, -0.25) is 0 Å². The van der Waals surface area contributed by atoms with E-state index in [-0.39, 0.29) is 0 Å². The van der Waals surface area contributed by atoms with Crippen molar-refractivity contribution in [3.63, 3.8) is 0 Å². The fraction of sp³-hybridized carbons (Fsp3) is 0.455. The van der Waals surface area contributed by atoms with Gasteiger partial charge in [0.1, 0.15) is 6.33 Å². The monoisotopic (exact) mass is 176 g/mol. The van der Waals surface area contributed by atoms with Gasteiger partial charge in [0.15, 0.2) is 0 Å². The van der Waals surface area contributed by atoms with Crippen molar-refractivity contribution in [2.24, 2.45) is 0 Å². The number of aromatic nitrogens is 2. The van der Waals surface area contributed by atoms with Gasteiger partial charge in [-0.1, -0.05) is 25.5 Å². The SMILES string of the molecule is CCC/C=C\c1c(C)ncnc1C. The first-order valence-corrected chi connectivity index (χ1v) is 4.70. The van der Waals surface area contributed by atoms with Crippen LogP contribution >= 0.6 is 0 Å². The van der Waals surface area contributed by atoms with E-state index in [0.29, 0.717) is 0 Å². The average Bonchev–Trinajstić information content (AvgIpc) is 2.10. The molecule has 0 saturated heterocycles. The fourth-order valence-electron chi connectivity index (χ4n) is 1.21. The van der Waals surface area contributed by atoms with Gasteiger partial charge < -0.3 is 0 Å². The van der Waals surface area contributed by atoms with Crippen molar-refractivity contribution in [3.8, 4) is 0 Å². The molecule has 0 aromatic carbocycles. The summed E-state index contributed by atoms with van der Waals surface area (Å²) in [6.07, 6.45) is 8.21. The number of unbranched alkanes of at least 4 members (excludes halogenated alkanes) is 1. The second kappa shape index (κ2) is 4.75. The molecule has 2 heteroatoms. The number of hydrogen-bond donors (Lipinski definition) is 0. The second-order valence-electron chi connectivity index (χ2n) is 3.15. The van der Waals surface area contributed by atoms with E-state index >= 15 is 0 Å². The number of hydrogen-bond acceptors (Lipinski definition) is 2. The van der Waals surface area contributed by atoms with Crippen LogP contribution in [0.1, 0.15) is 36.7 Å². The molecular formula is C11H16N2. The Labute approximate surface area is 79.7 Å². The Kier molecular flexibility index (Phi) is 3.62. The summed E-state index contributed by atoms with van der Waals surface area (Å²) in [6.45, 7) is 6.20. The molecule has 1 aromatic heterocycles. The zero-order chi connectivity index (χ0) is 9.68. The molecule has 0 saturated carbocycles. The van der Waals surface area contributed by atoms with Gasteiger partial charge in [0.05, 0.1) is 0 Å². The molecule has 70 valence electrons. The van der Waals surface area contributed by atoms with Crippen molar-refractivity contribution in [1.29, 1.82) is 0 Å². The Morgan fingerprint density at radius 1 is 1.23 bits per heavy atom. The Bertz CT molecular complexity index is 283. The van der Waals surface area contributed by atoms with Crippen LogP contribution in [0.5, 0.6) is 0 Å². The molecule has 0 spiro atoms. The number of allylic oxidation sites excluding steroid dienone is 1. The van der Waals surface area contributed by atoms with Crippen LogP contribution in [0.25, 0.3) is 6.08 Å². The molecule has 0 bridgehead atoms. The highest BCUT2D eigenvalue weighted by Gasteiger charge is 1.98. The van der Waals surface area contributed by atoms with Gasteiger partial charge in [-0.15, -0.1) is 0 Å². The van der Waals surface area contributed by atoms with E-state index in [1.54, 1.807) is 6.33 Å². The first kappa shape index (κ1) is 9.90. The maximum Gasteiger partial charge on any atom is 0.115 e. The normalized spacial score (nSPS) is 11.0. The topological polar surface area (TPSA) is 25.8 Å². The van der Waals surface area contributed by atoms with E-state index in [4.69, 9.17) is 0 Å². The summed E-state index contributed by atoms with van der Waals surface area (Å²) in [5.41, 5.74) is 3.27. The summed E-state index contributed by atoms with van der Waals surface area (Å²) < 4.78 is 0. The summed E-state index contributed by atoms with van der Waals surface area (Å²) in [5.74, 6) is 0. The molecule has 0 aliphatic carbocycles. The van der Waals surface area contributed by atoms with Crippen molar-refractivity contribution in [1.82, 2.24) is 9.97 Å². The smallest absolute Gasteiger partial charge is 0.115 e. The van der Waals surface area contributed by atoms with Crippen molar-refractivity contribution in [2.75, 3.05) is 0 Å². The molecule has 1 rings (SSSR count). The third-order valence-corrected chi connectivity index (χ3v) is 2.02. The van der Waals surface area contributed by atoms with Gasteiger partial charge in [-0.2, -0.15) is 0 Å². The second-order valence-corrected chi connectivity index (χ2v) is 3.15. The molecular weight excluding hydrogens is 160 g/mol. The summed E-state index contributed by atoms with van der Waals surface area (Å²) in [7, 11) is 0. The van der Waals surface area contributed by atoms with E-state index in [0.717, 1.165) is 23.4 Å². The van der Waals surface area contributed by atoms with Gasteiger partial charge in [-0.25, -0.2) is 9.97 Å². The van der Waals surface area contributed by atoms with E-state index < -0.39 is 0 Å². The van der Waals surface area contributed by atoms with Gasteiger partial charge in [0.25, 0.3) is 0 Å². The molecule has 0 radical (unpaired) electrons. The van der Waals surface area contributed by atoms with Crippen molar-refractivity contribution >= 4 is 6.08 Å². The van der Waals surface area contributed by atoms with Gasteiger partial charge >= 0.3 is 0 Å². The Morgan fingerprint density at radius 3 is 2.38 bits per heavy atom. The molecule has 2 nitrogen and oxygen atoms in total. The summed E-state index contributed by atoms with van der Waals surface area (Å²) in [6, 6.07) is 0. The molecule has 1 aromatic rings. The lowest BCUT2D eigenvalue weighted by Crippen LogP contribution is -1.93. The Morgan fingerprint density at radius 2 is 1.85 bits per heavy atom. The standard InChI is InChI=1S/C11H16N2/c1-4-5-6-7-11-9(2)12-8-13-10(11)3/h6-8H,4-5H2,1-3H3/b7-6-. The maximum absolute atomic E-state index is 4.16. The number of aryl methyl sites for hydroxylation is 2. The molecule has 0 unspecified atom stereocenters. The lowest BCUT2D eigenvalue weighted by atomic mass is 10.1. The zero-order valence-electron chi connectivity index (χ0n) is 8.54. The van der Waals surface area contributed by atoms with Crippen LogP contribution in [-0.4, -0.2) is 9.97 Å². The third-order valence-electron chi connectivity index (χ3n) is 2.02. The van der Waals surface area contributed by atoms with Crippen molar-refractivity contribution < 1.29 is 0 Å². The minimum absolute atomic E-state index is 1.06. The first-order chi connectivity index (χ1) is 6.25. The number of rotatable bonds is 3. The van der Waals surface area contributed by atoms with Gasteiger partial charge in [0.2, 0.25) is 0 Å². The summed E-state index contributed by atoms with van der Waals surface area (Å²) in [4.78, 5) is 8.31. The molecule has 0 aliphatic rings. The van der Waals surface area contributed by atoms with Crippen LogP contribution in [-0.2, 0) is 0 Å². The highest BCUT2D eigenvalue weighted by atomic mass is 14.8. The Hall–Kier alpha value is -1.18. The zero-order valence-corrected chi connectivity index (χ0v) is 8.54. The Balaban J connectivity index is 2.87. The van der Waals surface area contributed by atoms with E-state index in [9.17, 15) is 0 Å². The summed E-state index contributed by atoms with van der Waals surface area (Å²) >= 11 is 0. The molecule has 0 atom stereocenters. The lowest BCUT2D eigenvalue weighted by Gasteiger charge is -2.01. The number of nitrogens with zero attached hydrogens (tertiary/aromatic N) is 2. The van der Waals surface area contributed by atoms with Gasteiger partial charge in [-0.05, 0) is 20.3 Å². The molecule has 0 amide bonds. The third kappa shape index (κ3) is 2.65. The van der Waals surface area contributed by atoms with Crippen LogP contribution < -0.4 is 0 Å². The predicted molar refractivity (Wildman–Crippen MR) is 55.4 cm³/mol. The quantitative estimate of drug-likeness (QED) is 0.707. The molecule has 1 heterocycles. The van der Waals surface area contributed by atoms with Crippen LogP contribution in [0.3, 0.4) is 0 Å². The average molecular weight is 176 g/mol. The lowest BCUT2D eigenvalue weighted by molar-refractivity contribution is 0.960. The molecule has 0 fully saturated rings. The van der Waals surface area contributed by atoms with E-state index in [1.165, 1.54) is 6.42 Å². The molecule has 0 aliphatic heterocycles. The van der Waals surface area contributed by atoms with Crippen LogP contribution in [0.2, 0.25) is 0 Å². The van der Waals surface area contributed by atoms with Crippen molar-refractivity contribution in [3.05, 3.63) is 29.4 Å². The van der Waals surface area contributed by atoms with Crippen molar-refractivity contribution in [2.45, 2.75) is 33.6 Å². The summed E-state index contributed by atoms with van der Waals surface area (Å²) in [5, 5.41) is 0. The minimum atomic E-state index is 1.06. The van der Waals surface area contributed by atoms with Crippen LogP contribution in [0, 0.1) is 13.8 Å².